The molecule has 2 unspecified atom stereocenters. The maximum Gasteiger partial charge on any atom is 0.166 e. The van der Waals surface area contributed by atoms with E-state index in [0.717, 1.165) is 41.1 Å². The maximum absolute atomic E-state index is 12.4. The molecule has 1 heterocycles. The number of ketones is 1. The quantitative estimate of drug-likeness (QED) is 0.749. The Labute approximate surface area is 106 Å². The van der Waals surface area contributed by atoms with E-state index in [-0.39, 0.29) is 5.92 Å². The fourth-order valence-corrected chi connectivity index (χ4v) is 3.38. The normalized spacial score (nSPS) is 29.2. The molecule has 2 atom stereocenters. The molecule has 0 radical (unpaired) electrons. The number of pyridine rings is 1. The molecule has 18 heavy (non-hydrogen) atoms. The Kier molecular flexibility index (Phi) is 2.07. The van der Waals surface area contributed by atoms with Crippen LogP contribution >= 0.6 is 0 Å². The predicted octanol–water partition coefficient (Wildman–Crippen LogP) is 3.46. The van der Waals surface area contributed by atoms with E-state index in [1.54, 1.807) is 6.20 Å². The molecular weight excluding hydrogens is 222 g/mol. The molecule has 1 aromatic carbocycles. The monoisotopic (exact) mass is 237 g/mol. The zero-order chi connectivity index (χ0) is 12.1. The second kappa shape index (κ2) is 3.64. The summed E-state index contributed by atoms with van der Waals surface area (Å²) in [5.74, 6) is 2.32. The van der Waals surface area contributed by atoms with Crippen molar-refractivity contribution in [2.45, 2.75) is 19.3 Å². The van der Waals surface area contributed by atoms with Crippen molar-refractivity contribution in [1.29, 1.82) is 0 Å². The first-order valence-electron chi connectivity index (χ1n) is 6.70. The summed E-state index contributed by atoms with van der Waals surface area (Å²) >= 11 is 0. The number of carbonyl (C=O) groups excluding carboxylic acids is 1. The average molecular weight is 237 g/mol. The van der Waals surface area contributed by atoms with Crippen molar-refractivity contribution >= 4 is 16.7 Å². The highest BCUT2D eigenvalue weighted by atomic mass is 16.1. The van der Waals surface area contributed by atoms with E-state index < -0.39 is 0 Å². The summed E-state index contributed by atoms with van der Waals surface area (Å²) in [6.07, 6.45) is 5.37. The predicted molar refractivity (Wildman–Crippen MR) is 70.4 cm³/mol. The Bertz CT molecular complexity index is 624. The third-order valence-electron chi connectivity index (χ3n) is 4.50. The standard InChI is InChI=1S/C16H15NO/c18-16(14-7-12-6-13(12)8-14)11-4-3-10-2-1-5-17-15(10)9-11/h1-5,9,12-14H,6-8H2. The molecular formula is C16H15NO. The number of benzene rings is 1. The fourth-order valence-electron chi connectivity index (χ4n) is 3.38. The van der Waals surface area contributed by atoms with Crippen LogP contribution in [0.3, 0.4) is 0 Å². The number of rotatable bonds is 2. The smallest absolute Gasteiger partial charge is 0.166 e. The second-order valence-electron chi connectivity index (χ2n) is 5.70. The van der Waals surface area contributed by atoms with Crippen LogP contribution in [0, 0.1) is 17.8 Å². The van der Waals surface area contributed by atoms with Gasteiger partial charge >= 0.3 is 0 Å². The molecule has 0 spiro atoms. The van der Waals surface area contributed by atoms with Crippen LogP contribution in [0.15, 0.2) is 36.5 Å². The Balaban J connectivity index is 1.67. The van der Waals surface area contributed by atoms with Crippen molar-refractivity contribution in [3.05, 3.63) is 42.1 Å². The molecule has 2 fully saturated rings. The number of aromatic nitrogens is 1. The number of Topliss-reactive ketones (excluding diaryl/α,β-unsaturated/α-hetero) is 1. The highest BCUT2D eigenvalue weighted by Crippen LogP contribution is 2.54. The minimum atomic E-state index is 0.273. The SMILES string of the molecule is O=C(c1ccc2cccnc2c1)C1CC2CC2C1. The van der Waals surface area contributed by atoms with E-state index >= 15 is 0 Å². The van der Waals surface area contributed by atoms with E-state index in [1.807, 2.05) is 30.3 Å². The first-order chi connectivity index (χ1) is 8.81. The van der Waals surface area contributed by atoms with Crippen molar-refractivity contribution in [1.82, 2.24) is 4.98 Å². The van der Waals surface area contributed by atoms with E-state index in [4.69, 9.17) is 0 Å². The molecule has 4 rings (SSSR count). The molecule has 2 saturated carbocycles. The third-order valence-corrected chi connectivity index (χ3v) is 4.50. The third kappa shape index (κ3) is 1.56. The summed E-state index contributed by atoms with van der Waals surface area (Å²) in [5, 5.41) is 1.10. The number of fused-ring (bicyclic) bond motifs is 2. The average Bonchev–Trinajstić information content (AvgIpc) is 3.04. The highest BCUT2D eigenvalue weighted by Gasteiger charge is 2.47. The number of hydrogen-bond donors (Lipinski definition) is 0. The van der Waals surface area contributed by atoms with Gasteiger partial charge in [0, 0.05) is 23.1 Å². The molecule has 0 bridgehead atoms. The lowest BCUT2D eigenvalue weighted by atomic mass is 9.93. The summed E-state index contributed by atoms with van der Waals surface area (Å²) < 4.78 is 0. The molecule has 0 aliphatic heterocycles. The van der Waals surface area contributed by atoms with Crippen molar-refractivity contribution in [3.63, 3.8) is 0 Å². The summed E-state index contributed by atoms with van der Waals surface area (Å²) in [4.78, 5) is 16.8. The maximum atomic E-state index is 12.4. The van der Waals surface area contributed by atoms with Gasteiger partial charge < -0.3 is 0 Å². The molecule has 0 amide bonds. The minimum absolute atomic E-state index is 0.273. The van der Waals surface area contributed by atoms with Gasteiger partial charge in [0.1, 0.15) is 0 Å². The Morgan fingerprint density at radius 3 is 2.78 bits per heavy atom. The lowest BCUT2D eigenvalue weighted by molar-refractivity contribution is 0.0914. The first kappa shape index (κ1) is 10.2. The molecule has 2 aliphatic rings. The van der Waals surface area contributed by atoms with Crippen LogP contribution in [-0.4, -0.2) is 10.8 Å². The Hall–Kier alpha value is -1.70. The molecule has 0 N–H and O–H groups in total. The van der Waals surface area contributed by atoms with Crippen LogP contribution in [0.1, 0.15) is 29.6 Å². The van der Waals surface area contributed by atoms with Crippen molar-refractivity contribution in [2.24, 2.45) is 17.8 Å². The molecule has 2 nitrogen and oxygen atoms in total. The van der Waals surface area contributed by atoms with Crippen LogP contribution in [0.2, 0.25) is 0 Å². The van der Waals surface area contributed by atoms with Crippen molar-refractivity contribution < 1.29 is 4.79 Å². The molecule has 1 aromatic heterocycles. The molecule has 2 aromatic rings. The zero-order valence-electron chi connectivity index (χ0n) is 10.2. The lowest BCUT2D eigenvalue weighted by Crippen LogP contribution is -2.12. The summed E-state index contributed by atoms with van der Waals surface area (Å²) in [5.41, 5.74) is 1.76. The fraction of sp³-hybridized carbons (Fsp3) is 0.375. The van der Waals surface area contributed by atoms with Crippen LogP contribution in [-0.2, 0) is 0 Å². The van der Waals surface area contributed by atoms with Gasteiger partial charge in [-0.05, 0) is 43.2 Å². The number of carbonyl (C=O) groups is 1. The molecule has 90 valence electrons. The highest BCUT2D eigenvalue weighted by molar-refractivity contribution is 6.00. The van der Waals surface area contributed by atoms with E-state index in [2.05, 4.69) is 4.98 Å². The van der Waals surface area contributed by atoms with E-state index in [0.29, 0.717) is 5.78 Å². The van der Waals surface area contributed by atoms with Gasteiger partial charge in [0.05, 0.1) is 5.52 Å². The topological polar surface area (TPSA) is 30.0 Å². The Morgan fingerprint density at radius 2 is 1.94 bits per heavy atom. The first-order valence-corrected chi connectivity index (χ1v) is 6.70. The largest absolute Gasteiger partial charge is 0.294 e. The minimum Gasteiger partial charge on any atom is -0.294 e. The van der Waals surface area contributed by atoms with Crippen LogP contribution in [0.5, 0.6) is 0 Å². The number of nitrogens with zero attached hydrogens (tertiary/aromatic N) is 1. The van der Waals surface area contributed by atoms with E-state index in [9.17, 15) is 4.79 Å². The van der Waals surface area contributed by atoms with Gasteiger partial charge in [0.25, 0.3) is 0 Å². The van der Waals surface area contributed by atoms with Gasteiger partial charge in [0.2, 0.25) is 0 Å². The Morgan fingerprint density at radius 1 is 1.11 bits per heavy atom. The van der Waals surface area contributed by atoms with Gasteiger partial charge in [-0.1, -0.05) is 18.2 Å². The van der Waals surface area contributed by atoms with Gasteiger partial charge in [-0.2, -0.15) is 0 Å². The zero-order valence-corrected chi connectivity index (χ0v) is 10.2. The van der Waals surface area contributed by atoms with Gasteiger partial charge in [-0.25, -0.2) is 0 Å². The van der Waals surface area contributed by atoms with Gasteiger partial charge in [0.15, 0.2) is 5.78 Å². The van der Waals surface area contributed by atoms with Crippen LogP contribution in [0.4, 0.5) is 0 Å². The molecule has 2 heteroatoms. The van der Waals surface area contributed by atoms with Crippen molar-refractivity contribution in [2.75, 3.05) is 0 Å². The van der Waals surface area contributed by atoms with Crippen molar-refractivity contribution in [3.8, 4) is 0 Å². The lowest BCUT2D eigenvalue weighted by Gasteiger charge is -2.10. The van der Waals surface area contributed by atoms with Gasteiger partial charge in [-0.15, -0.1) is 0 Å². The van der Waals surface area contributed by atoms with Crippen LogP contribution in [0.25, 0.3) is 10.9 Å². The second-order valence-corrected chi connectivity index (χ2v) is 5.70. The number of hydrogen-bond acceptors (Lipinski definition) is 2. The van der Waals surface area contributed by atoms with Crippen LogP contribution < -0.4 is 0 Å². The van der Waals surface area contributed by atoms with Gasteiger partial charge in [-0.3, -0.25) is 9.78 Å². The summed E-state index contributed by atoms with van der Waals surface area (Å²) in [6, 6.07) is 9.86. The summed E-state index contributed by atoms with van der Waals surface area (Å²) in [7, 11) is 0. The summed E-state index contributed by atoms with van der Waals surface area (Å²) in [6.45, 7) is 0. The molecule has 0 saturated heterocycles. The molecule has 2 aliphatic carbocycles. The van der Waals surface area contributed by atoms with E-state index in [1.165, 1.54) is 6.42 Å².